The van der Waals surface area contributed by atoms with Crippen molar-refractivity contribution in [2.75, 3.05) is 0 Å². The Labute approximate surface area is 149 Å². The Bertz CT molecular complexity index is 1220. The van der Waals surface area contributed by atoms with E-state index in [4.69, 9.17) is 16.0 Å². The number of nitrogens with zero attached hydrogens (tertiary/aromatic N) is 7. The van der Waals surface area contributed by atoms with Crippen molar-refractivity contribution in [3.8, 4) is 5.88 Å². The molecule has 0 radical (unpaired) electrons. The lowest BCUT2D eigenvalue weighted by Crippen LogP contribution is -2.06. The molecule has 0 fully saturated rings. The van der Waals surface area contributed by atoms with Crippen LogP contribution in [0.25, 0.3) is 22.7 Å². The second-order valence-electron chi connectivity index (χ2n) is 5.51. The molecule has 0 bridgehead atoms. The Balaban J connectivity index is 1.71. The molecule has 0 unspecified atom stereocenters. The van der Waals surface area contributed by atoms with E-state index >= 15 is 0 Å². The number of furan rings is 1. The molecule has 1 aromatic carbocycles. The minimum absolute atomic E-state index is 0.134. The Kier molecular flexibility index (Phi) is 3.22. The summed E-state index contributed by atoms with van der Waals surface area (Å²) >= 11 is 6.14. The van der Waals surface area contributed by atoms with E-state index in [2.05, 4.69) is 25.3 Å². The molecule has 0 saturated carbocycles. The van der Waals surface area contributed by atoms with Crippen molar-refractivity contribution in [3.63, 3.8) is 0 Å². The minimum Gasteiger partial charge on any atom is -0.445 e. The summed E-state index contributed by atoms with van der Waals surface area (Å²) in [6, 6.07) is 7.99. The number of hydrogen-bond acceptors (Lipinski definition) is 6. The predicted molar refractivity (Wildman–Crippen MR) is 89.7 cm³/mol. The first-order valence-corrected chi connectivity index (χ1v) is 8.01. The van der Waals surface area contributed by atoms with Gasteiger partial charge in [0.15, 0.2) is 11.2 Å². The van der Waals surface area contributed by atoms with Gasteiger partial charge >= 0.3 is 0 Å². The third-order valence-electron chi connectivity index (χ3n) is 3.93. The second kappa shape index (κ2) is 5.60. The number of benzene rings is 1. The summed E-state index contributed by atoms with van der Waals surface area (Å²) in [4.78, 5) is 10.0. The number of hydrogen-bond donors (Lipinski definition) is 0. The molecule has 4 aromatic heterocycles. The molecule has 10 heteroatoms. The van der Waals surface area contributed by atoms with Gasteiger partial charge in [0.2, 0.25) is 11.5 Å². The summed E-state index contributed by atoms with van der Waals surface area (Å²) in [6.07, 6.45) is 3.04. The molecular formula is C16H9ClFN7O. The highest BCUT2D eigenvalue weighted by molar-refractivity contribution is 6.31. The van der Waals surface area contributed by atoms with E-state index in [0.29, 0.717) is 39.1 Å². The first-order valence-electron chi connectivity index (χ1n) is 7.63. The van der Waals surface area contributed by atoms with E-state index in [-0.39, 0.29) is 6.42 Å². The van der Waals surface area contributed by atoms with E-state index in [1.807, 2.05) is 0 Å². The van der Waals surface area contributed by atoms with Crippen LogP contribution in [0, 0.1) is 5.82 Å². The van der Waals surface area contributed by atoms with Gasteiger partial charge in [0.25, 0.3) is 0 Å². The van der Waals surface area contributed by atoms with Gasteiger partial charge in [-0.05, 0) is 18.2 Å². The van der Waals surface area contributed by atoms with E-state index in [1.165, 1.54) is 28.0 Å². The quantitative estimate of drug-likeness (QED) is 0.486. The Hall–Kier alpha value is -3.33. The van der Waals surface area contributed by atoms with Crippen LogP contribution < -0.4 is 0 Å². The van der Waals surface area contributed by atoms with Gasteiger partial charge in [-0.2, -0.15) is 9.61 Å². The zero-order valence-electron chi connectivity index (χ0n) is 13.0. The molecule has 0 aliphatic rings. The zero-order valence-corrected chi connectivity index (χ0v) is 13.8. The Morgan fingerprint density at radius 2 is 2.08 bits per heavy atom. The van der Waals surface area contributed by atoms with Gasteiger partial charge in [0.1, 0.15) is 18.0 Å². The molecule has 0 aliphatic heterocycles. The van der Waals surface area contributed by atoms with Crippen molar-refractivity contribution in [1.29, 1.82) is 0 Å². The number of halogens is 2. The summed E-state index contributed by atoms with van der Waals surface area (Å²) in [5, 5.41) is 13.2. The fourth-order valence-electron chi connectivity index (χ4n) is 2.74. The van der Waals surface area contributed by atoms with Crippen molar-refractivity contribution in [2.45, 2.75) is 6.42 Å². The topological polar surface area (TPSA) is 86.9 Å². The molecule has 0 N–H and O–H groups in total. The standard InChI is InChI=1S/C16H9ClFN7O/c17-10-3-1-4-11(18)9(10)7-12-21-15-14(16-19-8-20-24(12)16)22-25(23-15)13-5-2-6-26-13/h1-6,8H,7H2. The molecule has 26 heavy (non-hydrogen) atoms. The van der Waals surface area contributed by atoms with Gasteiger partial charge in [-0.15, -0.1) is 15.0 Å². The largest absolute Gasteiger partial charge is 0.445 e. The van der Waals surface area contributed by atoms with Gasteiger partial charge in [-0.25, -0.2) is 14.4 Å². The van der Waals surface area contributed by atoms with Crippen LogP contribution in [-0.4, -0.2) is 34.6 Å². The fraction of sp³-hybridized carbons (Fsp3) is 0.0625. The lowest BCUT2D eigenvalue weighted by atomic mass is 10.1. The molecule has 8 nitrogen and oxygen atoms in total. The lowest BCUT2D eigenvalue weighted by molar-refractivity contribution is 0.502. The molecule has 4 heterocycles. The monoisotopic (exact) mass is 369 g/mol. The molecule has 5 rings (SSSR count). The van der Waals surface area contributed by atoms with Crippen molar-refractivity contribution in [3.05, 3.63) is 65.2 Å². The average Bonchev–Trinajstić information content (AvgIpc) is 3.37. The highest BCUT2D eigenvalue weighted by Crippen LogP contribution is 2.23. The summed E-state index contributed by atoms with van der Waals surface area (Å²) in [6.45, 7) is 0. The lowest BCUT2D eigenvalue weighted by Gasteiger charge is -2.06. The van der Waals surface area contributed by atoms with Crippen LogP contribution in [0.3, 0.4) is 0 Å². The third kappa shape index (κ3) is 2.25. The van der Waals surface area contributed by atoms with E-state index in [9.17, 15) is 4.39 Å². The Morgan fingerprint density at radius 1 is 1.15 bits per heavy atom. The Morgan fingerprint density at radius 3 is 2.88 bits per heavy atom. The number of aromatic nitrogens is 7. The molecule has 128 valence electrons. The summed E-state index contributed by atoms with van der Waals surface area (Å²) in [5.41, 5.74) is 1.61. The molecule has 0 atom stereocenters. The maximum Gasteiger partial charge on any atom is 0.238 e. The molecule has 0 aliphatic carbocycles. The average molecular weight is 370 g/mol. The molecule has 0 amide bonds. The van der Waals surface area contributed by atoms with Crippen LogP contribution in [-0.2, 0) is 6.42 Å². The minimum atomic E-state index is -0.410. The van der Waals surface area contributed by atoms with Crippen LogP contribution in [0.5, 0.6) is 0 Å². The summed E-state index contributed by atoms with van der Waals surface area (Å²) in [7, 11) is 0. The molecule has 0 spiro atoms. The molecular weight excluding hydrogens is 361 g/mol. The van der Waals surface area contributed by atoms with Crippen LogP contribution in [0.1, 0.15) is 11.4 Å². The highest BCUT2D eigenvalue weighted by Gasteiger charge is 2.18. The number of fused-ring (bicyclic) bond motifs is 3. The zero-order chi connectivity index (χ0) is 17.7. The van der Waals surface area contributed by atoms with E-state index < -0.39 is 5.82 Å². The van der Waals surface area contributed by atoms with Crippen molar-refractivity contribution >= 4 is 28.4 Å². The normalized spacial score (nSPS) is 11.6. The van der Waals surface area contributed by atoms with Crippen LogP contribution >= 0.6 is 11.6 Å². The smallest absolute Gasteiger partial charge is 0.238 e. The maximum atomic E-state index is 14.2. The van der Waals surface area contributed by atoms with Crippen LogP contribution in [0.15, 0.2) is 47.3 Å². The van der Waals surface area contributed by atoms with Gasteiger partial charge in [-0.3, -0.25) is 0 Å². The first-order chi connectivity index (χ1) is 12.7. The van der Waals surface area contributed by atoms with Gasteiger partial charge in [0, 0.05) is 23.1 Å². The summed E-state index contributed by atoms with van der Waals surface area (Å²) in [5.74, 6) is 0.481. The second-order valence-corrected chi connectivity index (χ2v) is 5.92. The van der Waals surface area contributed by atoms with Crippen LogP contribution in [0.4, 0.5) is 4.39 Å². The van der Waals surface area contributed by atoms with Crippen molar-refractivity contribution < 1.29 is 8.81 Å². The third-order valence-corrected chi connectivity index (χ3v) is 4.29. The predicted octanol–water partition coefficient (Wildman–Crippen LogP) is 2.83. The first kappa shape index (κ1) is 15.0. The van der Waals surface area contributed by atoms with Gasteiger partial charge < -0.3 is 4.42 Å². The van der Waals surface area contributed by atoms with E-state index in [0.717, 1.165) is 0 Å². The van der Waals surface area contributed by atoms with E-state index in [1.54, 1.807) is 24.3 Å². The van der Waals surface area contributed by atoms with Crippen LogP contribution in [0.2, 0.25) is 5.02 Å². The highest BCUT2D eigenvalue weighted by atomic mass is 35.5. The molecule has 5 aromatic rings. The van der Waals surface area contributed by atoms with Crippen molar-refractivity contribution in [1.82, 2.24) is 34.6 Å². The van der Waals surface area contributed by atoms with Gasteiger partial charge in [-0.1, -0.05) is 17.7 Å². The molecule has 0 saturated heterocycles. The SMILES string of the molecule is Fc1cccc(Cl)c1Cc1nc2nn(-c3ccco3)nc2c2ncnn12. The fourth-order valence-corrected chi connectivity index (χ4v) is 2.97. The maximum absolute atomic E-state index is 14.2. The number of rotatable bonds is 3. The van der Waals surface area contributed by atoms with Gasteiger partial charge in [0.05, 0.1) is 6.26 Å². The summed E-state index contributed by atoms with van der Waals surface area (Å²) < 4.78 is 21.0. The van der Waals surface area contributed by atoms with Crippen molar-refractivity contribution in [2.24, 2.45) is 0 Å².